The van der Waals surface area contributed by atoms with Gasteiger partial charge in [-0.2, -0.15) is 0 Å². The fourth-order valence-electron chi connectivity index (χ4n) is 2.92. The molecule has 1 aromatic rings. The Morgan fingerprint density at radius 3 is 2.55 bits per heavy atom. The maximum Gasteiger partial charge on any atom is 0.179 e. The molecule has 1 heterocycles. The van der Waals surface area contributed by atoms with Crippen LogP contribution in [0.2, 0.25) is 5.02 Å². The highest BCUT2D eigenvalue weighted by atomic mass is 35.5. The molecule has 0 aromatic heterocycles. The van der Waals surface area contributed by atoms with Crippen LogP contribution in [0.25, 0.3) is 0 Å². The molecule has 1 aliphatic rings. The highest BCUT2D eigenvalue weighted by molar-refractivity contribution is 6.33. The molecule has 22 heavy (non-hydrogen) atoms. The number of nitrogens with one attached hydrogen (secondary N) is 1. The van der Waals surface area contributed by atoms with Gasteiger partial charge in [0.15, 0.2) is 11.5 Å². The maximum absolute atomic E-state index is 6.61. The predicted molar refractivity (Wildman–Crippen MR) is 91.2 cm³/mol. The number of nitrogens with zero attached hydrogens (tertiary/aromatic N) is 1. The molecule has 0 aliphatic carbocycles. The highest BCUT2D eigenvalue weighted by Crippen LogP contribution is 2.42. The number of halogens is 1. The van der Waals surface area contributed by atoms with Crippen molar-refractivity contribution in [1.29, 1.82) is 0 Å². The van der Waals surface area contributed by atoms with Crippen LogP contribution in [0.3, 0.4) is 0 Å². The molecular weight excluding hydrogens is 300 g/mol. The van der Waals surface area contributed by atoms with E-state index >= 15 is 0 Å². The summed E-state index contributed by atoms with van der Waals surface area (Å²) < 4.78 is 10.8. The predicted octanol–water partition coefficient (Wildman–Crippen LogP) is 3.27. The van der Waals surface area contributed by atoms with E-state index in [9.17, 15) is 0 Å². The van der Waals surface area contributed by atoms with Crippen LogP contribution in [0.4, 0.5) is 0 Å². The second-order valence-electron chi connectivity index (χ2n) is 5.67. The van der Waals surface area contributed by atoms with E-state index in [1.807, 2.05) is 12.1 Å². The molecule has 1 N–H and O–H groups in total. The smallest absolute Gasteiger partial charge is 0.179 e. The molecular formula is C17H25ClN2O2. The lowest BCUT2D eigenvalue weighted by Crippen LogP contribution is -2.45. The summed E-state index contributed by atoms with van der Waals surface area (Å²) in [5.74, 6) is 1.26. The average Bonchev–Trinajstić information content (AvgIpc) is 2.53. The van der Waals surface area contributed by atoms with Crippen molar-refractivity contribution in [2.24, 2.45) is 0 Å². The van der Waals surface area contributed by atoms with Gasteiger partial charge in [-0.25, -0.2) is 0 Å². The molecule has 122 valence electrons. The molecule has 5 heteroatoms. The number of hydrogen-bond acceptors (Lipinski definition) is 4. The summed E-state index contributed by atoms with van der Waals surface area (Å²) in [5.41, 5.74) is 2.22. The zero-order chi connectivity index (χ0) is 16.1. The van der Waals surface area contributed by atoms with E-state index in [2.05, 4.69) is 23.7 Å². The lowest BCUT2D eigenvalue weighted by atomic mass is 9.97. The number of ether oxygens (including phenoxy) is 2. The van der Waals surface area contributed by atoms with Crippen molar-refractivity contribution >= 4 is 11.6 Å². The van der Waals surface area contributed by atoms with Crippen LogP contribution in [-0.4, -0.2) is 45.3 Å². The number of rotatable bonds is 6. The third-order valence-corrected chi connectivity index (χ3v) is 4.40. The summed E-state index contributed by atoms with van der Waals surface area (Å²) in [6.07, 6.45) is 0.884. The Labute approximate surface area is 138 Å². The molecule has 1 fully saturated rings. The van der Waals surface area contributed by atoms with E-state index in [-0.39, 0.29) is 6.04 Å². The molecule has 0 spiro atoms. The molecule has 0 bridgehead atoms. The van der Waals surface area contributed by atoms with Gasteiger partial charge < -0.3 is 14.8 Å². The molecule has 0 amide bonds. The topological polar surface area (TPSA) is 33.7 Å². The zero-order valence-corrected chi connectivity index (χ0v) is 14.4. The minimum absolute atomic E-state index is 0.215. The van der Waals surface area contributed by atoms with E-state index in [4.69, 9.17) is 21.1 Å². The molecule has 1 aliphatic heterocycles. The van der Waals surface area contributed by atoms with E-state index in [1.165, 1.54) is 0 Å². The number of hydrogen-bond donors (Lipinski definition) is 1. The van der Waals surface area contributed by atoms with Crippen LogP contribution >= 0.6 is 11.6 Å². The van der Waals surface area contributed by atoms with Gasteiger partial charge in [0, 0.05) is 32.2 Å². The lowest BCUT2D eigenvalue weighted by molar-refractivity contribution is 0.172. The first-order valence-electron chi connectivity index (χ1n) is 7.58. The van der Waals surface area contributed by atoms with E-state index in [0.29, 0.717) is 16.5 Å². The van der Waals surface area contributed by atoms with Crippen molar-refractivity contribution < 1.29 is 9.47 Å². The van der Waals surface area contributed by atoms with Gasteiger partial charge in [-0.1, -0.05) is 23.2 Å². The Balaban J connectivity index is 2.40. The second kappa shape index (κ2) is 7.86. The van der Waals surface area contributed by atoms with Crippen molar-refractivity contribution in [2.45, 2.75) is 19.4 Å². The van der Waals surface area contributed by atoms with Gasteiger partial charge >= 0.3 is 0 Å². The van der Waals surface area contributed by atoms with Crippen LogP contribution in [0, 0.1) is 0 Å². The van der Waals surface area contributed by atoms with Crippen molar-refractivity contribution in [3.63, 3.8) is 0 Å². The first-order valence-corrected chi connectivity index (χ1v) is 7.95. The van der Waals surface area contributed by atoms with E-state index in [1.54, 1.807) is 14.2 Å². The number of piperazine rings is 1. The van der Waals surface area contributed by atoms with Crippen LogP contribution in [0.15, 0.2) is 24.3 Å². The summed E-state index contributed by atoms with van der Waals surface area (Å²) in [6, 6.07) is 4.18. The molecule has 1 saturated heterocycles. The van der Waals surface area contributed by atoms with E-state index in [0.717, 1.165) is 43.7 Å². The Bertz CT molecular complexity index is 528. The van der Waals surface area contributed by atoms with Crippen molar-refractivity contribution in [1.82, 2.24) is 10.2 Å². The van der Waals surface area contributed by atoms with Gasteiger partial charge in [-0.15, -0.1) is 6.58 Å². The monoisotopic (exact) mass is 324 g/mol. The van der Waals surface area contributed by atoms with E-state index < -0.39 is 0 Å². The van der Waals surface area contributed by atoms with Gasteiger partial charge in [0.05, 0.1) is 19.2 Å². The van der Waals surface area contributed by atoms with Crippen LogP contribution < -0.4 is 14.8 Å². The third kappa shape index (κ3) is 3.75. The fraction of sp³-hybridized carbons (Fsp3) is 0.529. The number of benzene rings is 1. The second-order valence-corrected chi connectivity index (χ2v) is 6.05. The van der Waals surface area contributed by atoms with Crippen molar-refractivity contribution in [2.75, 3.05) is 40.4 Å². The quantitative estimate of drug-likeness (QED) is 0.814. The fourth-order valence-corrected chi connectivity index (χ4v) is 3.28. The standard InChI is InChI=1S/C17H25ClN2O2/c1-12(2)11-14(20-9-7-19-8-10-20)13-5-6-15(21-3)17(22-4)16(13)18/h5-6,14,19H,1,7-11H2,2-4H3/t14-/m0/s1. The molecule has 0 saturated carbocycles. The molecule has 0 radical (unpaired) electrons. The zero-order valence-electron chi connectivity index (χ0n) is 13.6. The molecule has 2 rings (SSSR count). The summed E-state index contributed by atoms with van der Waals surface area (Å²) in [5, 5.41) is 4.02. The number of methoxy groups -OCH3 is 2. The van der Waals surface area contributed by atoms with Crippen LogP contribution in [0.1, 0.15) is 24.9 Å². The molecule has 0 unspecified atom stereocenters. The highest BCUT2D eigenvalue weighted by Gasteiger charge is 2.26. The summed E-state index contributed by atoms with van der Waals surface area (Å²) in [6.45, 7) is 10.1. The Hall–Kier alpha value is -1.23. The molecule has 1 atom stereocenters. The summed E-state index contributed by atoms with van der Waals surface area (Å²) in [7, 11) is 3.24. The Kier molecular flexibility index (Phi) is 6.12. The molecule has 4 nitrogen and oxygen atoms in total. The Morgan fingerprint density at radius 2 is 2.00 bits per heavy atom. The first kappa shape index (κ1) is 17.1. The Morgan fingerprint density at radius 1 is 1.32 bits per heavy atom. The van der Waals surface area contributed by atoms with Crippen molar-refractivity contribution in [3.05, 3.63) is 34.9 Å². The minimum Gasteiger partial charge on any atom is -0.493 e. The minimum atomic E-state index is 0.215. The largest absolute Gasteiger partial charge is 0.493 e. The van der Waals surface area contributed by atoms with Crippen LogP contribution in [-0.2, 0) is 0 Å². The summed E-state index contributed by atoms with van der Waals surface area (Å²) >= 11 is 6.61. The van der Waals surface area contributed by atoms with Gasteiger partial charge in [-0.05, 0) is 25.0 Å². The average molecular weight is 325 g/mol. The van der Waals surface area contributed by atoms with Gasteiger partial charge in [-0.3, -0.25) is 4.90 Å². The summed E-state index contributed by atoms with van der Waals surface area (Å²) in [4.78, 5) is 2.46. The van der Waals surface area contributed by atoms with Gasteiger partial charge in [0.2, 0.25) is 0 Å². The lowest BCUT2D eigenvalue weighted by Gasteiger charge is -2.36. The van der Waals surface area contributed by atoms with Gasteiger partial charge in [0.25, 0.3) is 0 Å². The SMILES string of the molecule is C=C(C)C[C@@H](c1ccc(OC)c(OC)c1Cl)N1CCNCC1. The van der Waals surface area contributed by atoms with Crippen LogP contribution in [0.5, 0.6) is 11.5 Å². The first-order chi connectivity index (χ1) is 10.6. The van der Waals surface area contributed by atoms with Gasteiger partial charge in [0.1, 0.15) is 0 Å². The van der Waals surface area contributed by atoms with Crippen molar-refractivity contribution in [3.8, 4) is 11.5 Å². The normalized spacial score (nSPS) is 17.1. The molecule has 1 aromatic carbocycles. The maximum atomic E-state index is 6.61. The third-order valence-electron chi connectivity index (χ3n) is 4.01.